The van der Waals surface area contributed by atoms with E-state index in [9.17, 15) is 0 Å². The Morgan fingerprint density at radius 3 is 3.00 bits per heavy atom. The summed E-state index contributed by atoms with van der Waals surface area (Å²) in [6, 6.07) is 0.221. The van der Waals surface area contributed by atoms with Crippen molar-refractivity contribution in [1.29, 1.82) is 0 Å². The first-order chi connectivity index (χ1) is 7.63. The summed E-state index contributed by atoms with van der Waals surface area (Å²) < 4.78 is 10.9. The van der Waals surface area contributed by atoms with Crippen molar-refractivity contribution in [3.05, 3.63) is 11.7 Å². The predicted molar refractivity (Wildman–Crippen MR) is 58.9 cm³/mol. The van der Waals surface area contributed by atoms with Crippen LogP contribution in [0.4, 0.5) is 0 Å². The fraction of sp³-hybridized carbons (Fsp3) is 0.818. The molecule has 90 valence electrons. The SMILES string of the molecule is CCOC(C)(C)c1noc(C2CCCN2)n1. The second-order valence-electron chi connectivity index (χ2n) is 4.55. The number of aromatic nitrogens is 2. The molecule has 0 aromatic carbocycles. The Balaban J connectivity index is 2.12. The van der Waals surface area contributed by atoms with E-state index in [1.165, 1.54) is 0 Å². The summed E-state index contributed by atoms with van der Waals surface area (Å²) in [4.78, 5) is 4.42. The van der Waals surface area contributed by atoms with Crippen LogP contribution >= 0.6 is 0 Å². The van der Waals surface area contributed by atoms with Crippen molar-refractivity contribution in [2.45, 2.75) is 45.3 Å². The monoisotopic (exact) mass is 225 g/mol. The molecule has 0 saturated carbocycles. The summed E-state index contributed by atoms with van der Waals surface area (Å²) >= 11 is 0. The van der Waals surface area contributed by atoms with Gasteiger partial charge in [-0.25, -0.2) is 0 Å². The third kappa shape index (κ3) is 2.25. The number of rotatable bonds is 4. The van der Waals surface area contributed by atoms with Crippen molar-refractivity contribution in [3.63, 3.8) is 0 Å². The molecule has 1 atom stereocenters. The van der Waals surface area contributed by atoms with E-state index in [1.807, 2.05) is 20.8 Å². The van der Waals surface area contributed by atoms with E-state index in [0.29, 0.717) is 18.3 Å². The molecular weight excluding hydrogens is 206 g/mol. The van der Waals surface area contributed by atoms with Crippen LogP contribution in [0.25, 0.3) is 0 Å². The molecule has 1 N–H and O–H groups in total. The Labute approximate surface area is 95.6 Å². The van der Waals surface area contributed by atoms with Crippen LogP contribution in [0.15, 0.2) is 4.52 Å². The average molecular weight is 225 g/mol. The summed E-state index contributed by atoms with van der Waals surface area (Å²) in [7, 11) is 0. The van der Waals surface area contributed by atoms with Crippen LogP contribution in [0, 0.1) is 0 Å². The fourth-order valence-electron chi connectivity index (χ4n) is 1.94. The van der Waals surface area contributed by atoms with Crippen molar-refractivity contribution < 1.29 is 9.26 Å². The molecule has 0 bridgehead atoms. The summed E-state index contributed by atoms with van der Waals surface area (Å²) in [5.41, 5.74) is -0.477. The largest absolute Gasteiger partial charge is 0.368 e. The average Bonchev–Trinajstić information content (AvgIpc) is 2.89. The highest BCUT2D eigenvalue weighted by Crippen LogP contribution is 2.26. The topological polar surface area (TPSA) is 60.2 Å². The molecule has 2 heterocycles. The van der Waals surface area contributed by atoms with Crippen molar-refractivity contribution >= 4 is 0 Å². The van der Waals surface area contributed by atoms with Crippen LogP contribution in [0.1, 0.15) is 51.4 Å². The maximum Gasteiger partial charge on any atom is 0.243 e. The maximum absolute atomic E-state index is 5.59. The van der Waals surface area contributed by atoms with Gasteiger partial charge in [-0.2, -0.15) is 4.98 Å². The quantitative estimate of drug-likeness (QED) is 0.846. The molecule has 1 saturated heterocycles. The zero-order chi connectivity index (χ0) is 11.6. The Bertz CT molecular complexity index is 343. The van der Waals surface area contributed by atoms with E-state index in [4.69, 9.17) is 9.26 Å². The Morgan fingerprint density at radius 2 is 2.38 bits per heavy atom. The smallest absolute Gasteiger partial charge is 0.243 e. The van der Waals surface area contributed by atoms with Crippen molar-refractivity contribution in [3.8, 4) is 0 Å². The summed E-state index contributed by atoms with van der Waals surface area (Å²) in [5, 5.41) is 7.33. The van der Waals surface area contributed by atoms with Gasteiger partial charge in [0, 0.05) is 6.61 Å². The highest BCUT2D eigenvalue weighted by molar-refractivity contribution is 5.01. The Kier molecular flexibility index (Phi) is 3.25. The fourth-order valence-corrected chi connectivity index (χ4v) is 1.94. The van der Waals surface area contributed by atoms with Crippen LogP contribution in [-0.2, 0) is 10.3 Å². The molecule has 1 aliphatic rings. The summed E-state index contributed by atoms with van der Waals surface area (Å²) in [6.07, 6.45) is 2.23. The van der Waals surface area contributed by atoms with Crippen molar-refractivity contribution in [1.82, 2.24) is 15.5 Å². The lowest BCUT2D eigenvalue weighted by atomic mass is 10.1. The molecule has 1 aliphatic heterocycles. The Morgan fingerprint density at radius 1 is 1.56 bits per heavy atom. The van der Waals surface area contributed by atoms with Gasteiger partial charge in [0.25, 0.3) is 0 Å². The molecular formula is C11H19N3O2. The molecule has 2 rings (SSSR count). The van der Waals surface area contributed by atoms with Gasteiger partial charge >= 0.3 is 0 Å². The third-order valence-electron chi connectivity index (χ3n) is 2.84. The molecule has 5 heteroatoms. The van der Waals surface area contributed by atoms with E-state index in [2.05, 4.69) is 15.5 Å². The second kappa shape index (κ2) is 4.51. The minimum absolute atomic E-state index is 0.221. The number of hydrogen-bond acceptors (Lipinski definition) is 5. The van der Waals surface area contributed by atoms with Crippen molar-refractivity contribution in [2.24, 2.45) is 0 Å². The molecule has 0 radical (unpaired) electrons. The van der Waals surface area contributed by atoms with Crippen LogP contribution in [-0.4, -0.2) is 23.3 Å². The van der Waals surface area contributed by atoms with Gasteiger partial charge in [-0.15, -0.1) is 0 Å². The van der Waals surface area contributed by atoms with E-state index < -0.39 is 5.60 Å². The van der Waals surface area contributed by atoms with Gasteiger partial charge in [0.2, 0.25) is 11.7 Å². The normalized spacial score (nSPS) is 21.6. The van der Waals surface area contributed by atoms with Gasteiger partial charge < -0.3 is 14.6 Å². The van der Waals surface area contributed by atoms with E-state index in [0.717, 1.165) is 19.4 Å². The summed E-state index contributed by atoms with van der Waals surface area (Å²) in [6.45, 7) is 7.53. The second-order valence-corrected chi connectivity index (χ2v) is 4.55. The van der Waals surface area contributed by atoms with Crippen LogP contribution < -0.4 is 5.32 Å². The molecule has 0 spiro atoms. The van der Waals surface area contributed by atoms with Crippen LogP contribution in [0.2, 0.25) is 0 Å². The molecule has 0 amide bonds. The van der Waals surface area contributed by atoms with E-state index >= 15 is 0 Å². The standard InChI is InChI=1S/C11H19N3O2/c1-4-15-11(2,3)10-13-9(16-14-10)8-6-5-7-12-8/h8,12H,4-7H2,1-3H3. The third-order valence-corrected chi connectivity index (χ3v) is 2.84. The number of hydrogen-bond donors (Lipinski definition) is 1. The molecule has 5 nitrogen and oxygen atoms in total. The van der Waals surface area contributed by atoms with Gasteiger partial charge in [0.15, 0.2) is 0 Å². The zero-order valence-corrected chi connectivity index (χ0v) is 10.1. The van der Waals surface area contributed by atoms with Crippen LogP contribution in [0.5, 0.6) is 0 Å². The van der Waals surface area contributed by atoms with E-state index in [1.54, 1.807) is 0 Å². The van der Waals surface area contributed by atoms with Gasteiger partial charge in [0.05, 0.1) is 6.04 Å². The molecule has 1 unspecified atom stereocenters. The molecule has 1 fully saturated rings. The highest BCUT2D eigenvalue weighted by Gasteiger charge is 2.30. The van der Waals surface area contributed by atoms with Gasteiger partial charge in [0.1, 0.15) is 5.60 Å². The molecule has 0 aliphatic carbocycles. The van der Waals surface area contributed by atoms with Gasteiger partial charge in [-0.1, -0.05) is 5.16 Å². The number of ether oxygens (including phenoxy) is 1. The molecule has 1 aromatic heterocycles. The lowest BCUT2D eigenvalue weighted by molar-refractivity contribution is -0.0221. The van der Waals surface area contributed by atoms with E-state index in [-0.39, 0.29) is 6.04 Å². The Hall–Kier alpha value is -0.940. The minimum atomic E-state index is -0.477. The lowest BCUT2D eigenvalue weighted by Gasteiger charge is -2.19. The first kappa shape index (κ1) is 11.5. The van der Waals surface area contributed by atoms with Crippen LogP contribution in [0.3, 0.4) is 0 Å². The maximum atomic E-state index is 5.59. The number of nitrogens with zero attached hydrogens (tertiary/aromatic N) is 2. The predicted octanol–water partition coefficient (Wildman–Crippen LogP) is 1.77. The lowest BCUT2D eigenvalue weighted by Crippen LogP contribution is -2.23. The zero-order valence-electron chi connectivity index (χ0n) is 10.1. The first-order valence-electron chi connectivity index (χ1n) is 5.85. The van der Waals surface area contributed by atoms with Gasteiger partial charge in [-0.3, -0.25) is 0 Å². The highest BCUT2D eigenvalue weighted by atomic mass is 16.5. The number of nitrogens with one attached hydrogen (secondary N) is 1. The molecule has 1 aromatic rings. The first-order valence-corrected chi connectivity index (χ1v) is 5.85. The molecule has 16 heavy (non-hydrogen) atoms. The minimum Gasteiger partial charge on any atom is -0.368 e. The van der Waals surface area contributed by atoms with Gasteiger partial charge in [-0.05, 0) is 40.2 Å². The van der Waals surface area contributed by atoms with Crippen molar-refractivity contribution in [2.75, 3.05) is 13.2 Å². The summed E-state index contributed by atoms with van der Waals surface area (Å²) in [5.74, 6) is 1.30.